The van der Waals surface area contributed by atoms with Crippen LogP contribution in [0.4, 0.5) is 16.2 Å². The Kier molecular flexibility index (Phi) is 5.99. The number of carbonyl (C=O) groups is 1. The van der Waals surface area contributed by atoms with Crippen molar-refractivity contribution < 1.29 is 18.3 Å². The van der Waals surface area contributed by atoms with E-state index in [1.165, 1.54) is 55.6 Å². The molecular formula is C20H20N4O4S. The topological polar surface area (TPSA) is 112 Å². The largest absolute Gasteiger partial charge is 0.508 e. The van der Waals surface area contributed by atoms with Crippen molar-refractivity contribution in [2.24, 2.45) is 0 Å². The van der Waals surface area contributed by atoms with E-state index in [9.17, 15) is 18.3 Å². The molecule has 0 bridgehead atoms. The van der Waals surface area contributed by atoms with Crippen molar-refractivity contribution in [1.82, 2.24) is 10.3 Å². The van der Waals surface area contributed by atoms with Crippen LogP contribution in [0.1, 0.15) is 5.56 Å². The number of urea groups is 1. The molecule has 1 heterocycles. The van der Waals surface area contributed by atoms with Crippen molar-refractivity contribution in [3.8, 4) is 5.75 Å². The molecule has 0 atom stereocenters. The van der Waals surface area contributed by atoms with Crippen molar-refractivity contribution in [1.29, 1.82) is 0 Å². The monoisotopic (exact) mass is 412 g/mol. The van der Waals surface area contributed by atoms with Gasteiger partial charge in [0.1, 0.15) is 5.75 Å². The average Bonchev–Trinajstić information content (AvgIpc) is 2.73. The number of hydrogen-bond acceptors (Lipinski definition) is 5. The summed E-state index contributed by atoms with van der Waals surface area (Å²) in [5, 5.41) is 14.7. The zero-order chi connectivity index (χ0) is 20.9. The summed E-state index contributed by atoms with van der Waals surface area (Å²) in [6.07, 6.45) is 3.31. The molecule has 3 aromatic rings. The lowest BCUT2D eigenvalue weighted by Crippen LogP contribution is -2.28. The first-order valence-electron chi connectivity index (χ1n) is 8.68. The fraction of sp³-hybridized carbons (Fsp3) is 0.100. The third kappa shape index (κ3) is 5.02. The maximum atomic E-state index is 12.8. The number of pyridine rings is 1. The van der Waals surface area contributed by atoms with E-state index < -0.39 is 16.1 Å². The second-order valence-electron chi connectivity index (χ2n) is 6.18. The molecule has 150 valence electrons. The highest BCUT2D eigenvalue weighted by atomic mass is 32.2. The first-order valence-corrected chi connectivity index (χ1v) is 10.1. The third-order valence-electron chi connectivity index (χ3n) is 4.16. The van der Waals surface area contributed by atoms with E-state index in [2.05, 4.69) is 15.6 Å². The number of benzene rings is 2. The number of phenols is 1. The zero-order valence-corrected chi connectivity index (χ0v) is 16.4. The van der Waals surface area contributed by atoms with Gasteiger partial charge in [-0.1, -0.05) is 6.07 Å². The predicted molar refractivity (Wildman–Crippen MR) is 110 cm³/mol. The first kappa shape index (κ1) is 20.2. The molecule has 8 nitrogen and oxygen atoms in total. The Morgan fingerprint density at radius 2 is 1.76 bits per heavy atom. The number of aromatic nitrogens is 1. The van der Waals surface area contributed by atoms with Crippen LogP contribution in [0.2, 0.25) is 0 Å². The summed E-state index contributed by atoms with van der Waals surface area (Å²) in [6, 6.07) is 14.9. The number of anilines is 2. The van der Waals surface area contributed by atoms with E-state index in [0.717, 1.165) is 9.87 Å². The number of hydrogen-bond donors (Lipinski definition) is 3. The molecule has 0 saturated heterocycles. The maximum Gasteiger partial charge on any atom is 0.319 e. The van der Waals surface area contributed by atoms with Crippen LogP contribution >= 0.6 is 0 Å². The highest BCUT2D eigenvalue weighted by Crippen LogP contribution is 2.24. The highest BCUT2D eigenvalue weighted by Gasteiger charge is 2.21. The normalized spacial score (nSPS) is 10.9. The molecule has 3 N–H and O–H groups in total. The summed E-state index contributed by atoms with van der Waals surface area (Å²) in [5.74, 6) is 0.0526. The summed E-state index contributed by atoms with van der Waals surface area (Å²) < 4.78 is 26.7. The van der Waals surface area contributed by atoms with Gasteiger partial charge in [-0.25, -0.2) is 13.2 Å². The van der Waals surface area contributed by atoms with Gasteiger partial charge in [-0.15, -0.1) is 0 Å². The van der Waals surface area contributed by atoms with E-state index in [1.807, 2.05) is 6.07 Å². The number of rotatable bonds is 6. The number of sulfonamides is 1. The van der Waals surface area contributed by atoms with Crippen molar-refractivity contribution in [3.63, 3.8) is 0 Å². The highest BCUT2D eigenvalue weighted by molar-refractivity contribution is 7.92. The zero-order valence-electron chi connectivity index (χ0n) is 15.6. The number of nitrogens with zero attached hydrogens (tertiary/aromatic N) is 2. The molecule has 9 heteroatoms. The van der Waals surface area contributed by atoms with Crippen LogP contribution in [-0.4, -0.2) is 31.6 Å². The molecule has 3 rings (SSSR count). The van der Waals surface area contributed by atoms with Crippen LogP contribution in [0.15, 0.2) is 78.0 Å². The second kappa shape index (κ2) is 8.61. The molecule has 0 aliphatic carbocycles. The number of phenolic OH excluding ortho intramolecular Hbond substituents is 1. The van der Waals surface area contributed by atoms with E-state index in [-0.39, 0.29) is 10.6 Å². The lowest BCUT2D eigenvalue weighted by molar-refractivity contribution is 0.251. The number of carbonyl (C=O) groups excluding carboxylic acids is 1. The van der Waals surface area contributed by atoms with Crippen LogP contribution in [0, 0.1) is 0 Å². The molecule has 0 aliphatic rings. The Morgan fingerprint density at radius 3 is 2.38 bits per heavy atom. The number of nitrogens with one attached hydrogen (secondary N) is 2. The van der Waals surface area contributed by atoms with Crippen molar-refractivity contribution in [3.05, 3.63) is 78.6 Å². The molecule has 2 aromatic carbocycles. The summed E-state index contributed by atoms with van der Waals surface area (Å²) in [4.78, 5) is 16.1. The predicted octanol–water partition coefficient (Wildman–Crippen LogP) is 2.93. The van der Waals surface area contributed by atoms with Crippen LogP contribution in [-0.2, 0) is 16.6 Å². The Labute approximate surface area is 168 Å². The van der Waals surface area contributed by atoms with E-state index in [1.54, 1.807) is 18.5 Å². The van der Waals surface area contributed by atoms with Crippen LogP contribution < -0.4 is 14.9 Å². The number of amides is 2. The molecule has 0 fully saturated rings. The van der Waals surface area contributed by atoms with Crippen LogP contribution in [0.5, 0.6) is 5.75 Å². The van der Waals surface area contributed by atoms with E-state index in [0.29, 0.717) is 17.9 Å². The summed E-state index contributed by atoms with van der Waals surface area (Å²) in [6.45, 7) is 0.323. The molecule has 0 unspecified atom stereocenters. The Hall–Kier alpha value is -3.59. The van der Waals surface area contributed by atoms with E-state index >= 15 is 0 Å². The van der Waals surface area contributed by atoms with Gasteiger partial charge in [0, 0.05) is 31.7 Å². The van der Waals surface area contributed by atoms with Crippen molar-refractivity contribution in [2.45, 2.75) is 11.4 Å². The van der Waals surface area contributed by atoms with Gasteiger partial charge in [0.25, 0.3) is 10.0 Å². The van der Waals surface area contributed by atoms with Crippen molar-refractivity contribution in [2.75, 3.05) is 16.7 Å². The molecule has 0 radical (unpaired) electrons. The smallest absolute Gasteiger partial charge is 0.319 e. The SMILES string of the molecule is CN(c1ccc(O)cc1)S(=O)(=O)c1ccc(NC(=O)NCc2cccnc2)cc1. The molecule has 0 aliphatic heterocycles. The fourth-order valence-electron chi connectivity index (χ4n) is 2.53. The Morgan fingerprint density at radius 1 is 1.07 bits per heavy atom. The lowest BCUT2D eigenvalue weighted by Gasteiger charge is -2.19. The van der Waals surface area contributed by atoms with Crippen LogP contribution in [0.25, 0.3) is 0 Å². The standard InChI is InChI=1S/C20H20N4O4S/c1-24(17-6-8-18(25)9-7-17)29(27,28)19-10-4-16(5-11-19)23-20(26)22-14-15-3-2-12-21-13-15/h2-13,25H,14H2,1H3,(H2,22,23,26). The van der Waals surface area contributed by atoms with Gasteiger partial charge >= 0.3 is 6.03 Å². The maximum absolute atomic E-state index is 12.8. The van der Waals surface area contributed by atoms with Gasteiger partial charge in [0.15, 0.2) is 0 Å². The Balaban J connectivity index is 1.64. The number of aromatic hydroxyl groups is 1. The fourth-order valence-corrected chi connectivity index (χ4v) is 3.73. The molecule has 29 heavy (non-hydrogen) atoms. The van der Waals surface area contributed by atoms with Crippen LogP contribution in [0.3, 0.4) is 0 Å². The molecule has 0 spiro atoms. The Bertz CT molecular complexity index is 1070. The molecule has 1 aromatic heterocycles. The molecule has 2 amide bonds. The van der Waals surface area contributed by atoms with Crippen molar-refractivity contribution >= 4 is 27.4 Å². The minimum Gasteiger partial charge on any atom is -0.508 e. The average molecular weight is 412 g/mol. The first-order chi connectivity index (χ1) is 13.9. The van der Waals surface area contributed by atoms with E-state index in [4.69, 9.17) is 0 Å². The quantitative estimate of drug-likeness (QED) is 0.576. The van der Waals surface area contributed by atoms with Gasteiger partial charge in [-0.3, -0.25) is 9.29 Å². The summed E-state index contributed by atoms with van der Waals surface area (Å²) in [5.41, 5.74) is 1.74. The molecular weight excluding hydrogens is 392 g/mol. The minimum absolute atomic E-state index is 0.0526. The third-order valence-corrected chi connectivity index (χ3v) is 5.96. The summed E-state index contributed by atoms with van der Waals surface area (Å²) >= 11 is 0. The van der Waals surface area contributed by atoms with Gasteiger partial charge in [-0.05, 0) is 60.2 Å². The van der Waals surface area contributed by atoms with Gasteiger partial charge in [0.2, 0.25) is 0 Å². The van der Waals surface area contributed by atoms with Gasteiger partial charge < -0.3 is 15.7 Å². The lowest BCUT2D eigenvalue weighted by atomic mass is 10.3. The van der Waals surface area contributed by atoms with Gasteiger partial charge in [-0.2, -0.15) is 0 Å². The minimum atomic E-state index is -3.78. The second-order valence-corrected chi connectivity index (χ2v) is 8.15. The van der Waals surface area contributed by atoms with Gasteiger partial charge in [0.05, 0.1) is 10.6 Å². The molecule has 0 saturated carbocycles. The summed E-state index contributed by atoms with van der Waals surface area (Å²) in [7, 11) is -2.35.